The van der Waals surface area contributed by atoms with E-state index in [0.717, 1.165) is 24.3 Å². The second-order valence-electron chi connectivity index (χ2n) is 8.64. The molecule has 1 heterocycles. The smallest absolute Gasteiger partial charge is 0.416 e. The number of benzene rings is 2. The predicted octanol–water partition coefficient (Wildman–Crippen LogP) is 7.70. The lowest BCUT2D eigenvalue weighted by molar-refractivity contribution is -0.137. The van der Waals surface area contributed by atoms with Gasteiger partial charge in [0.1, 0.15) is 36.4 Å². The van der Waals surface area contributed by atoms with Crippen molar-refractivity contribution in [3.8, 4) is 5.75 Å². The lowest BCUT2D eigenvalue weighted by Gasteiger charge is -2.17. The van der Waals surface area contributed by atoms with Crippen LogP contribution in [0.15, 0.2) is 48.5 Å². The molecule has 3 aromatic rings. The summed E-state index contributed by atoms with van der Waals surface area (Å²) in [6, 6.07) is 8.61. The highest BCUT2D eigenvalue weighted by Crippen LogP contribution is 2.44. The quantitative estimate of drug-likeness (QED) is 0.219. The molecule has 200 valence electrons. The highest BCUT2D eigenvalue weighted by Gasteiger charge is 2.32. The van der Waals surface area contributed by atoms with Crippen molar-refractivity contribution < 1.29 is 40.6 Å². The molecule has 0 saturated heterocycles. The molecule has 0 unspecified atom stereocenters. The van der Waals surface area contributed by atoms with Gasteiger partial charge in [-0.1, -0.05) is 0 Å². The van der Waals surface area contributed by atoms with Crippen LogP contribution in [0.2, 0.25) is 0 Å². The number of carbonyl (C=O) groups is 1. The zero-order chi connectivity index (χ0) is 27.4. The monoisotopic (exact) mass is 535 g/mol. The van der Waals surface area contributed by atoms with Crippen LogP contribution in [-0.4, -0.2) is 17.6 Å². The summed E-state index contributed by atoms with van der Waals surface area (Å²) in [4.78, 5) is 16.6. The molecular formula is C28H23F6NO3. The second kappa shape index (κ2) is 11.3. The van der Waals surface area contributed by atoms with Crippen LogP contribution in [-0.2, 0) is 24.2 Å². The number of rotatable bonds is 8. The first-order chi connectivity index (χ1) is 18.1. The van der Waals surface area contributed by atoms with Crippen molar-refractivity contribution in [1.82, 2.24) is 4.98 Å². The normalized spacial score (nSPS) is 13.7. The summed E-state index contributed by atoms with van der Waals surface area (Å²) in [5, 5.41) is 0. The molecule has 2 aromatic carbocycles. The van der Waals surface area contributed by atoms with E-state index in [2.05, 4.69) is 4.98 Å². The summed E-state index contributed by atoms with van der Waals surface area (Å²) in [5.41, 5.74) is 0.585. The standard InChI is InChI=1S/C28H23F6NO3/c1-2-37-27(36)25-11-16(14-29)10-24(35-25)21-5-3-4-20(21)22-12-18(28(32,33)34)7-9-26(22)38-15-17-6-8-19(30)13-23(17)31/h6-13H,2-5,14-15H2,1H3. The summed E-state index contributed by atoms with van der Waals surface area (Å²) >= 11 is 0. The van der Waals surface area contributed by atoms with Gasteiger partial charge < -0.3 is 9.47 Å². The van der Waals surface area contributed by atoms with Crippen molar-refractivity contribution in [1.29, 1.82) is 0 Å². The Balaban J connectivity index is 1.81. The Kier molecular flexibility index (Phi) is 8.08. The molecule has 1 aliphatic rings. The fraction of sp³-hybridized carbons (Fsp3) is 0.286. The van der Waals surface area contributed by atoms with Crippen molar-refractivity contribution in [3.63, 3.8) is 0 Å². The van der Waals surface area contributed by atoms with Gasteiger partial charge in [0.25, 0.3) is 0 Å². The zero-order valence-corrected chi connectivity index (χ0v) is 20.3. The van der Waals surface area contributed by atoms with Gasteiger partial charge >= 0.3 is 12.1 Å². The SMILES string of the molecule is CCOC(=O)c1cc(CF)cc(C2=C(c3cc(C(F)(F)F)ccc3OCc3ccc(F)cc3F)CCC2)n1. The van der Waals surface area contributed by atoms with Gasteiger partial charge in [0.2, 0.25) is 0 Å². The maximum absolute atomic E-state index is 14.1. The van der Waals surface area contributed by atoms with Gasteiger partial charge in [-0.25, -0.2) is 22.9 Å². The summed E-state index contributed by atoms with van der Waals surface area (Å²) < 4.78 is 92.6. The molecule has 1 aliphatic carbocycles. The number of aromatic nitrogens is 1. The van der Waals surface area contributed by atoms with Crippen LogP contribution in [0.5, 0.6) is 5.75 Å². The average molecular weight is 535 g/mol. The van der Waals surface area contributed by atoms with E-state index < -0.39 is 36.0 Å². The van der Waals surface area contributed by atoms with Crippen LogP contribution >= 0.6 is 0 Å². The van der Waals surface area contributed by atoms with Gasteiger partial charge in [-0.3, -0.25) is 0 Å². The minimum Gasteiger partial charge on any atom is -0.488 e. The number of allylic oxidation sites excluding steroid dienone is 2. The molecule has 0 spiro atoms. The van der Waals surface area contributed by atoms with Gasteiger partial charge in [-0.05, 0) is 85.4 Å². The number of esters is 1. The number of ether oxygens (including phenoxy) is 2. The topological polar surface area (TPSA) is 48.4 Å². The maximum Gasteiger partial charge on any atom is 0.416 e. The highest BCUT2D eigenvalue weighted by atomic mass is 19.4. The Bertz CT molecular complexity index is 1380. The van der Waals surface area contributed by atoms with Crippen LogP contribution < -0.4 is 4.74 Å². The third-order valence-corrected chi connectivity index (χ3v) is 6.08. The molecule has 0 atom stereocenters. The maximum atomic E-state index is 14.1. The Hall–Kier alpha value is -3.82. The molecule has 4 rings (SSSR count). The molecule has 0 saturated carbocycles. The van der Waals surface area contributed by atoms with E-state index in [1.54, 1.807) is 6.92 Å². The van der Waals surface area contributed by atoms with E-state index in [1.807, 2.05) is 0 Å². The van der Waals surface area contributed by atoms with Crippen molar-refractivity contribution in [2.45, 2.75) is 45.6 Å². The predicted molar refractivity (Wildman–Crippen MR) is 128 cm³/mol. The minimum absolute atomic E-state index is 0.0225. The minimum atomic E-state index is -4.64. The summed E-state index contributed by atoms with van der Waals surface area (Å²) in [6.45, 7) is 0.465. The Morgan fingerprint density at radius 1 is 1.00 bits per heavy atom. The Morgan fingerprint density at radius 3 is 2.45 bits per heavy atom. The van der Waals surface area contributed by atoms with E-state index in [9.17, 15) is 31.1 Å². The number of alkyl halides is 4. The van der Waals surface area contributed by atoms with E-state index in [1.165, 1.54) is 18.2 Å². The average Bonchev–Trinajstić information content (AvgIpc) is 3.37. The van der Waals surface area contributed by atoms with Gasteiger partial charge in [0.15, 0.2) is 0 Å². The highest BCUT2D eigenvalue weighted by molar-refractivity contribution is 5.95. The molecule has 38 heavy (non-hydrogen) atoms. The molecule has 0 fully saturated rings. The van der Waals surface area contributed by atoms with Crippen LogP contribution in [0.25, 0.3) is 11.1 Å². The number of hydrogen-bond acceptors (Lipinski definition) is 4. The first-order valence-corrected chi connectivity index (χ1v) is 11.9. The van der Waals surface area contributed by atoms with Gasteiger partial charge in [0.05, 0.1) is 17.9 Å². The van der Waals surface area contributed by atoms with Crippen molar-refractivity contribution in [2.75, 3.05) is 6.61 Å². The van der Waals surface area contributed by atoms with Gasteiger partial charge in [-0.15, -0.1) is 0 Å². The summed E-state index contributed by atoms with van der Waals surface area (Å²) in [5.74, 6) is -2.30. The molecule has 0 amide bonds. The third kappa shape index (κ3) is 6.00. The Morgan fingerprint density at radius 2 is 1.76 bits per heavy atom. The number of halogens is 6. The van der Waals surface area contributed by atoms with Crippen molar-refractivity contribution in [3.05, 3.63) is 93.8 Å². The summed E-state index contributed by atoms with van der Waals surface area (Å²) in [6.07, 6.45) is -3.28. The van der Waals surface area contributed by atoms with E-state index >= 15 is 0 Å². The molecule has 0 bridgehead atoms. The molecule has 0 aliphatic heterocycles. The fourth-order valence-electron chi connectivity index (χ4n) is 4.31. The molecule has 4 nitrogen and oxygen atoms in total. The number of nitrogens with zero attached hydrogens (tertiary/aromatic N) is 1. The lowest BCUT2D eigenvalue weighted by atomic mass is 9.96. The van der Waals surface area contributed by atoms with Gasteiger partial charge in [-0.2, -0.15) is 13.2 Å². The van der Waals surface area contributed by atoms with Gasteiger partial charge in [0, 0.05) is 17.2 Å². The fourth-order valence-corrected chi connectivity index (χ4v) is 4.31. The molecule has 1 aromatic heterocycles. The molecule has 0 radical (unpaired) electrons. The third-order valence-electron chi connectivity index (χ3n) is 6.08. The molecule has 10 heteroatoms. The number of hydrogen-bond donors (Lipinski definition) is 0. The summed E-state index contributed by atoms with van der Waals surface area (Å²) in [7, 11) is 0. The lowest BCUT2D eigenvalue weighted by Crippen LogP contribution is -2.10. The number of carbonyl (C=O) groups excluding carboxylic acids is 1. The van der Waals surface area contributed by atoms with Crippen LogP contribution in [0.4, 0.5) is 26.3 Å². The Labute approximate surface area is 214 Å². The van der Waals surface area contributed by atoms with Crippen molar-refractivity contribution >= 4 is 17.1 Å². The largest absolute Gasteiger partial charge is 0.488 e. The van der Waals surface area contributed by atoms with E-state index in [4.69, 9.17) is 9.47 Å². The van der Waals surface area contributed by atoms with E-state index in [-0.39, 0.29) is 47.0 Å². The molecular weight excluding hydrogens is 512 g/mol. The molecule has 0 N–H and O–H groups in total. The van der Waals surface area contributed by atoms with Crippen LogP contribution in [0, 0.1) is 11.6 Å². The van der Waals surface area contributed by atoms with Crippen molar-refractivity contribution in [2.24, 2.45) is 0 Å². The zero-order valence-electron chi connectivity index (χ0n) is 20.3. The second-order valence-corrected chi connectivity index (χ2v) is 8.64. The first-order valence-electron chi connectivity index (χ1n) is 11.9. The van der Waals surface area contributed by atoms with Crippen LogP contribution in [0.1, 0.15) is 64.6 Å². The number of pyridine rings is 1. The van der Waals surface area contributed by atoms with Crippen LogP contribution in [0.3, 0.4) is 0 Å². The first kappa shape index (κ1) is 27.2. The van der Waals surface area contributed by atoms with E-state index in [0.29, 0.717) is 36.5 Å².